The highest BCUT2D eigenvalue weighted by Gasteiger charge is 2.09. The van der Waals surface area contributed by atoms with Crippen molar-refractivity contribution in [3.8, 4) is 6.07 Å². The third kappa shape index (κ3) is 2.35. The quantitative estimate of drug-likeness (QED) is 0.897. The number of anilines is 1. The zero-order valence-electron chi connectivity index (χ0n) is 10.7. The van der Waals surface area contributed by atoms with Crippen LogP contribution in [0, 0.1) is 32.1 Å². The molecule has 18 heavy (non-hydrogen) atoms. The number of nitriles is 1. The number of hydrogen-bond acceptors (Lipinski definition) is 4. The Morgan fingerprint density at radius 2 is 2.11 bits per heavy atom. The van der Waals surface area contributed by atoms with E-state index < -0.39 is 0 Å². The molecular formula is C14H15N3O. The topological polar surface area (TPSA) is 61.9 Å². The largest absolute Gasteiger partial charge is 0.380 e. The molecule has 1 aromatic heterocycles. The fourth-order valence-electron chi connectivity index (χ4n) is 1.84. The van der Waals surface area contributed by atoms with Crippen molar-refractivity contribution < 1.29 is 4.52 Å². The first-order valence-corrected chi connectivity index (χ1v) is 5.78. The molecule has 0 aliphatic carbocycles. The maximum atomic E-state index is 9.05. The first-order valence-electron chi connectivity index (χ1n) is 5.78. The predicted molar refractivity (Wildman–Crippen MR) is 69.2 cm³/mol. The van der Waals surface area contributed by atoms with Gasteiger partial charge in [-0.3, -0.25) is 0 Å². The second-order valence-electron chi connectivity index (χ2n) is 4.32. The van der Waals surface area contributed by atoms with E-state index in [1.165, 1.54) is 0 Å². The van der Waals surface area contributed by atoms with Gasteiger partial charge in [-0.05, 0) is 38.5 Å². The highest BCUT2D eigenvalue weighted by molar-refractivity contribution is 5.59. The first-order chi connectivity index (χ1) is 8.61. The highest BCUT2D eigenvalue weighted by Crippen LogP contribution is 2.19. The van der Waals surface area contributed by atoms with E-state index >= 15 is 0 Å². The molecule has 0 amide bonds. The minimum Gasteiger partial charge on any atom is -0.380 e. The van der Waals surface area contributed by atoms with E-state index in [0.29, 0.717) is 12.1 Å². The zero-order valence-corrected chi connectivity index (χ0v) is 10.7. The van der Waals surface area contributed by atoms with E-state index in [-0.39, 0.29) is 0 Å². The van der Waals surface area contributed by atoms with Crippen LogP contribution in [0.3, 0.4) is 0 Å². The van der Waals surface area contributed by atoms with Gasteiger partial charge in [-0.1, -0.05) is 11.2 Å². The van der Waals surface area contributed by atoms with Crippen LogP contribution >= 0.6 is 0 Å². The summed E-state index contributed by atoms with van der Waals surface area (Å²) >= 11 is 0. The number of aromatic nitrogens is 1. The minimum atomic E-state index is 0.610. The van der Waals surface area contributed by atoms with Crippen LogP contribution in [0.1, 0.15) is 28.1 Å². The number of rotatable bonds is 3. The second-order valence-corrected chi connectivity index (χ2v) is 4.32. The number of nitrogens with one attached hydrogen (secondary N) is 1. The van der Waals surface area contributed by atoms with Gasteiger partial charge in [0.1, 0.15) is 11.8 Å². The van der Waals surface area contributed by atoms with Crippen molar-refractivity contribution in [3.63, 3.8) is 0 Å². The van der Waals surface area contributed by atoms with Crippen molar-refractivity contribution >= 4 is 5.69 Å². The zero-order chi connectivity index (χ0) is 13.1. The summed E-state index contributed by atoms with van der Waals surface area (Å²) in [6.45, 7) is 6.41. The molecule has 0 fully saturated rings. The summed E-state index contributed by atoms with van der Waals surface area (Å²) < 4.78 is 5.11. The van der Waals surface area contributed by atoms with E-state index in [1.54, 1.807) is 0 Å². The average Bonchev–Trinajstić information content (AvgIpc) is 2.67. The fourth-order valence-corrected chi connectivity index (χ4v) is 1.84. The summed E-state index contributed by atoms with van der Waals surface area (Å²) in [6.07, 6.45) is 0. The van der Waals surface area contributed by atoms with E-state index in [9.17, 15) is 0 Å². The highest BCUT2D eigenvalue weighted by atomic mass is 16.5. The Bertz CT molecular complexity index is 588. The Labute approximate surface area is 106 Å². The lowest BCUT2D eigenvalue weighted by Gasteiger charge is -2.08. The van der Waals surface area contributed by atoms with E-state index in [4.69, 9.17) is 9.78 Å². The SMILES string of the molecule is Cc1ccc(C#N)c(NCc2c(C)noc2C)c1. The van der Waals surface area contributed by atoms with E-state index in [1.807, 2.05) is 39.0 Å². The van der Waals surface area contributed by atoms with Gasteiger partial charge in [0.15, 0.2) is 0 Å². The van der Waals surface area contributed by atoms with Crippen molar-refractivity contribution in [2.75, 3.05) is 5.32 Å². The van der Waals surface area contributed by atoms with Crippen LogP contribution in [0.4, 0.5) is 5.69 Å². The first kappa shape index (κ1) is 12.2. The lowest BCUT2D eigenvalue weighted by molar-refractivity contribution is 0.392. The van der Waals surface area contributed by atoms with Gasteiger partial charge in [-0.15, -0.1) is 0 Å². The van der Waals surface area contributed by atoms with Gasteiger partial charge in [-0.25, -0.2) is 0 Å². The maximum absolute atomic E-state index is 9.05. The summed E-state index contributed by atoms with van der Waals surface area (Å²) in [5.74, 6) is 0.811. The van der Waals surface area contributed by atoms with Gasteiger partial charge < -0.3 is 9.84 Å². The van der Waals surface area contributed by atoms with Crippen LogP contribution in [0.5, 0.6) is 0 Å². The van der Waals surface area contributed by atoms with E-state index in [0.717, 1.165) is 28.3 Å². The third-order valence-corrected chi connectivity index (χ3v) is 2.93. The molecule has 4 heteroatoms. The van der Waals surface area contributed by atoms with Crippen molar-refractivity contribution in [1.29, 1.82) is 5.26 Å². The molecule has 2 aromatic rings. The molecule has 1 aromatic carbocycles. The van der Waals surface area contributed by atoms with Crippen LogP contribution in [0.25, 0.3) is 0 Å². The van der Waals surface area contributed by atoms with Crippen LogP contribution < -0.4 is 5.32 Å². The van der Waals surface area contributed by atoms with Crippen LogP contribution in [-0.4, -0.2) is 5.16 Å². The van der Waals surface area contributed by atoms with Gasteiger partial charge in [-0.2, -0.15) is 5.26 Å². The van der Waals surface area contributed by atoms with Crippen molar-refractivity contribution in [1.82, 2.24) is 5.16 Å². The summed E-state index contributed by atoms with van der Waals surface area (Å²) in [6, 6.07) is 7.90. The van der Waals surface area contributed by atoms with Gasteiger partial charge in [0, 0.05) is 12.1 Å². The average molecular weight is 241 g/mol. The Hall–Kier alpha value is -2.28. The number of hydrogen-bond donors (Lipinski definition) is 1. The summed E-state index contributed by atoms with van der Waals surface area (Å²) in [5, 5.41) is 16.2. The third-order valence-electron chi connectivity index (χ3n) is 2.93. The number of benzene rings is 1. The Morgan fingerprint density at radius 1 is 1.33 bits per heavy atom. The Balaban J connectivity index is 2.21. The lowest BCUT2D eigenvalue weighted by Crippen LogP contribution is -2.03. The molecule has 4 nitrogen and oxygen atoms in total. The molecule has 92 valence electrons. The standard InChI is InChI=1S/C14H15N3O/c1-9-4-5-12(7-15)14(6-9)16-8-13-10(2)17-18-11(13)3/h4-6,16H,8H2,1-3H3. The van der Waals surface area contributed by atoms with Crippen molar-refractivity contribution in [2.45, 2.75) is 27.3 Å². The molecule has 0 radical (unpaired) electrons. The number of nitrogens with zero attached hydrogens (tertiary/aromatic N) is 2. The van der Waals surface area contributed by atoms with Gasteiger partial charge in [0.2, 0.25) is 0 Å². The molecule has 0 saturated heterocycles. The molecule has 2 rings (SSSR count). The van der Waals surface area contributed by atoms with Gasteiger partial charge in [0.05, 0.1) is 16.9 Å². The predicted octanol–water partition coefficient (Wildman–Crippen LogP) is 3.08. The fraction of sp³-hybridized carbons (Fsp3) is 0.286. The Kier molecular flexibility index (Phi) is 3.33. The smallest absolute Gasteiger partial charge is 0.138 e. The molecule has 1 N–H and O–H groups in total. The van der Waals surface area contributed by atoms with Crippen molar-refractivity contribution in [2.24, 2.45) is 0 Å². The van der Waals surface area contributed by atoms with Crippen molar-refractivity contribution in [3.05, 3.63) is 46.3 Å². The molecule has 0 aliphatic heterocycles. The van der Waals surface area contributed by atoms with Gasteiger partial charge in [0.25, 0.3) is 0 Å². The van der Waals surface area contributed by atoms with Crippen LogP contribution in [0.15, 0.2) is 22.7 Å². The molecule has 0 aliphatic rings. The lowest BCUT2D eigenvalue weighted by atomic mass is 10.1. The second kappa shape index (κ2) is 4.92. The summed E-state index contributed by atoms with van der Waals surface area (Å²) in [5.41, 5.74) is 4.53. The molecule has 0 atom stereocenters. The molecule has 1 heterocycles. The molecular weight excluding hydrogens is 226 g/mol. The molecule has 0 spiro atoms. The maximum Gasteiger partial charge on any atom is 0.138 e. The van der Waals surface area contributed by atoms with Crippen LogP contribution in [-0.2, 0) is 6.54 Å². The molecule has 0 bridgehead atoms. The molecule has 0 saturated carbocycles. The van der Waals surface area contributed by atoms with E-state index in [2.05, 4.69) is 16.5 Å². The number of aryl methyl sites for hydroxylation is 3. The van der Waals surface area contributed by atoms with Crippen LogP contribution in [0.2, 0.25) is 0 Å². The molecule has 0 unspecified atom stereocenters. The minimum absolute atomic E-state index is 0.610. The van der Waals surface area contributed by atoms with Gasteiger partial charge >= 0.3 is 0 Å². The summed E-state index contributed by atoms with van der Waals surface area (Å²) in [7, 11) is 0. The Morgan fingerprint density at radius 3 is 2.72 bits per heavy atom. The summed E-state index contributed by atoms with van der Waals surface area (Å²) in [4.78, 5) is 0. The monoisotopic (exact) mass is 241 g/mol. The normalized spacial score (nSPS) is 10.1.